The molecule has 2 aromatic carbocycles. The highest BCUT2D eigenvalue weighted by Gasteiger charge is 2.23. The first-order chi connectivity index (χ1) is 12.6. The normalized spacial score (nSPS) is 16.5. The molecule has 4 rings (SSSR count). The standard InChI is InChI=1S/C21H24N4O/c1-25(2)16-9-11-20-18(13-16)17-12-15(8-10-19(17)24-20)23-21(26)22-14-6-4-3-5-7-14/h3-8,10,12,16,24H,9,11,13H2,1-2H3,(H2,22,23,26). The summed E-state index contributed by atoms with van der Waals surface area (Å²) >= 11 is 0. The fraction of sp³-hybridized carbons (Fsp3) is 0.286. The second-order valence-electron chi connectivity index (χ2n) is 7.15. The zero-order valence-electron chi connectivity index (χ0n) is 15.2. The zero-order valence-corrected chi connectivity index (χ0v) is 15.2. The number of carbonyl (C=O) groups is 1. The third kappa shape index (κ3) is 3.30. The van der Waals surface area contributed by atoms with Gasteiger partial charge in [-0.15, -0.1) is 0 Å². The number of likely N-dealkylation sites (N-methyl/N-ethyl adjacent to an activating group) is 1. The maximum absolute atomic E-state index is 12.2. The van der Waals surface area contributed by atoms with E-state index in [4.69, 9.17) is 0 Å². The van der Waals surface area contributed by atoms with Crippen molar-refractivity contribution in [3.05, 3.63) is 59.8 Å². The van der Waals surface area contributed by atoms with Crippen LogP contribution >= 0.6 is 0 Å². The van der Waals surface area contributed by atoms with Crippen LogP contribution in [0.1, 0.15) is 17.7 Å². The molecule has 0 bridgehead atoms. The Kier molecular flexibility index (Phi) is 4.39. The summed E-state index contributed by atoms with van der Waals surface area (Å²) in [5.74, 6) is 0. The lowest BCUT2D eigenvalue weighted by molar-refractivity contribution is 0.262. The maximum atomic E-state index is 12.2. The van der Waals surface area contributed by atoms with Crippen LogP contribution in [0.3, 0.4) is 0 Å². The van der Waals surface area contributed by atoms with Crippen LogP contribution < -0.4 is 10.6 Å². The second-order valence-corrected chi connectivity index (χ2v) is 7.15. The Labute approximate surface area is 153 Å². The molecule has 3 aromatic rings. The van der Waals surface area contributed by atoms with Gasteiger partial charge in [0.05, 0.1) is 0 Å². The van der Waals surface area contributed by atoms with Crippen LogP contribution in [0.2, 0.25) is 0 Å². The number of urea groups is 1. The van der Waals surface area contributed by atoms with Crippen molar-refractivity contribution in [2.24, 2.45) is 0 Å². The number of anilines is 2. The van der Waals surface area contributed by atoms with Gasteiger partial charge in [-0.3, -0.25) is 0 Å². The van der Waals surface area contributed by atoms with Crippen LogP contribution in [0.4, 0.5) is 16.2 Å². The first kappa shape index (κ1) is 16.7. The lowest BCUT2D eigenvalue weighted by Crippen LogP contribution is -2.33. The van der Waals surface area contributed by atoms with Crippen LogP contribution in [0.15, 0.2) is 48.5 Å². The summed E-state index contributed by atoms with van der Waals surface area (Å²) in [5, 5.41) is 7.00. The van der Waals surface area contributed by atoms with Gasteiger partial charge in [0.1, 0.15) is 0 Å². The van der Waals surface area contributed by atoms with Gasteiger partial charge in [0, 0.05) is 34.0 Å². The fourth-order valence-corrected chi connectivity index (χ4v) is 3.73. The number of H-pyrrole nitrogens is 1. The molecule has 0 saturated carbocycles. The Bertz CT molecular complexity index is 930. The molecule has 1 aliphatic rings. The predicted octanol–water partition coefficient (Wildman–Crippen LogP) is 4.23. The number of rotatable bonds is 3. The summed E-state index contributed by atoms with van der Waals surface area (Å²) < 4.78 is 0. The number of fused-ring (bicyclic) bond motifs is 3. The molecule has 1 aliphatic carbocycles. The van der Waals surface area contributed by atoms with Gasteiger partial charge < -0.3 is 20.5 Å². The van der Waals surface area contributed by atoms with E-state index in [1.807, 2.05) is 36.4 Å². The van der Waals surface area contributed by atoms with Gasteiger partial charge >= 0.3 is 6.03 Å². The molecule has 26 heavy (non-hydrogen) atoms. The Morgan fingerprint density at radius 2 is 1.85 bits per heavy atom. The minimum atomic E-state index is -0.230. The van der Waals surface area contributed by atoms with E-state index in [0.29, 0.717) is 6.04 Å². The topological polar surface area (TPSA) is 60.2 Å². The molecule has 1 heterocycles. The number of carbonyl (C=O) groups excluding carboxylic acids is 1. The summed E-state index contributed by atoms with van der Waals surface area (Å²) in [6.07, 6.45) is 3.30. The van der Waals surface area contributed by atoms with Crippen molar-refractivity contribution < 1.29 is 4.79 Å². The van der Waals surface area contributed by atoms with E-state index in [0.717, 1.165) is 29.7 Å². The number of aromatic nitrogens is 1. The van der Waals surface area contributed by atoms with Crippen LogP contribution in [0, 0.1) is 0 Å². The van der Waals surface area contributed by atoms with Gasteiger partial charge in [0.15, 0.2) is 0 Å². The number of hydrogen-bond acceptors (Lipinski definition) is 2. The van der Waals surface area contributed by atoms with Crippen molar-refractivity contribution in [1.29, 1.82) is 0 Å². The van der Waals surface area contributed by atoms with E-state index in [-0.39, 0.29) is 6.03 Å². The first-order valence-electron chi connectivity index (χ1n) is 9.03. The molecule has 3 N–H and O–H groups in total. The molecule has 134 valence electrons. The number of aromatic amines is 1. The Balaban J connectivity index is 1.56. The molecular formula is C21H24N4O. The number of para-hydroxylation sites is 1. The van der Waals surface area contributed by atoms with Gasteiger partial charge in [0.25, 0.3) is 0 Å². The Morgan fingerprint density at radius 3 is 2.62 bits per heavy atom. The number of benzene rings is 2. The van der Waals surface area contributed by atoms with Gasteiger partial charge in [-0.25, -0.2) is 4.79 Å². The molecule has 5 nitrogen and oxygen atoms in total. The molecule has 1 unspecified atom stereocenters. The van der Waals surface area contributed by atoms with Crippen molar-refractivity contribution in [2.75, 3.05) is 24.7 Å². The van der Waals surface area contributed by atoms with E-state index in [9.17, 15) is 4.79 Å². The van der Waals surface area contributed by atoms with E-state index in [2.05, 4.69) is 46.7 Å². The molecule has 0 saturated heterocycles. The molecule has 2 amide bonds. The minimum absolute atomic E-state index is 0.230. The summed E-state index contributed by atoms with van der Waals surface area (Å²) in [6.45, 7) is 0. The number of aryl methyl sites for hydroxylation is 1. The highest BCUT2D eigenvalue weighted by molar-refractivity contribution is 6.01. The van der Waals surface area contributed by atoms with Crippen LogP contribution in [0.5, 0.6) is 0 Å². The average Bonchev–Trinajstić information content (AvgIpc) is 2.99. The third-order valence-electron chi connectivity index (χ3n) is 5.18. The highest BCUT2D eigenvalue weighted by atomic mass is 16.2. The molecule has 0 aliphatic heterocycles. The van der Waals surface area contributed by atoms with Gasteiger partial charge in [0.2, 0.25) is 0 Å². The fourth-order valence-electron chi connectivity index (χ4n) is 3.73. The predicted molar refractivity (Wildman–Crippen MR) is 107 cm³/mol. The number of hydrogen-bond donors (Lipinski definition) is 3. The zero-order chi connectivity index (χ0) is 18.1. The van der Waals surface area contributed by atoms with E-state index >= 15 is 0 Å². The molecular weight excluding hydrogens is 324 g/mol. The molecule has 0 radical (unpaired) electrons. The van der Waals surface area contributed by atoms with E-state index < -0.39 is 0 Å². The summed E-state index contributed by atoms with van der Waals surface area (Å²) in [4.78, 5) is 18.1. The van der Waals surface area contributed by atoms with Crippen molar-refractivity contribution in [2.45, 2.75) is 25.3 Å². The third-order valence-corrected chi connectivity index (χ3v) is 5.18. The van der Waals surface area contributed by atoms with Crippen LogP contribution in [0.25, 0.3) is 10.9 Å². The Hall–Kier alpha value is -2.79. The lowest BCUT2D eigenvalue weighted by Gasteiger charge is -2.28. The average molecular weight is 348 g/mol. The number of nitrogens with zero attached hydrogens (tertiary/aromatic N) is 1. The largest absolute Gasteiger partial charge is 0.358 e. The van der Waals surface area contributed by atoms with Crippen LogP contribution in [-0.2, 0) is 12.8 Å². The van der Waals surface area contributed by atoms with Crippen LogP contribution in [-0.4, -0.2) is 36.1 Å². The molecule has 0 fully saturated rings. The van der Waals surface area contributed by atoms with Gasteiger partial charge in [-0.1, -0.05) is 18.2 Å². The lowest BCUT2D eigenvalue weighted by atomic mass is 9.91. The summed E-state index contributed by atoms with van der Waals surface area (Å²) in [6, 6.07) is 15.9. The van der Waals surface area contributed by atoms with Gasteiger partial charge in [-0.05, 0) is 69.3 Å². The smallest absolute Gasteiger partial charge is 0.323 e. The van der Waals surface area contributed by atoms with E-state index in [1.54, 1.807) is 0 Å². The number of amides is 2. The minimum Gasteiger partial charge on any atom is -0.358 e. The van der Waals surface area contributed by atoms with E-state index in [1.165, 1.54) is 23.1 Å². The quantitative estimate of drug-likeness (QED) is 0.663. The molecule has 1 atom stereocenters. The number of nitrogens with one attached hydrogen (secondary N) is 3. The Morgan fingerprint density at radius 1 is 1.08 bits per heavy atom. The molecule has 0 spiro atoms. The monoisotopic (exact) mass is 348 g/mol. The highest BCUT2D eigenvalue weighted by Crippen LogP contribution is 2.32. The maximum Gasteiger partial charge on any atom is 0.323 e. The second kappa shape index (κ2) is 6.84. The summed E-state index contributed by atoms with van der Waals surface area (Å²) in [7, 11) is 4.29. The summed E-state index contributed by atoms with van der Waals surface area (Å²) in [5.41, 5.74) is 5.45. The van der Waals surface area contributed by atoms with Crippen molar-refractivity contribution in [3.63, 3.8) is 0 Å². The first-order valence-corrected chi connectivity index (χ1v) is 9.03. The van der Waals surface area contributed by atoms with Crippen molar-refractivity contribution >= 4 is 28.3 Å². The SMILES string of the molecule is CN(C)C1CCc2[nH]c3ccc(NC(=O)Nc4ccccc4)cc3c2C1. The van der Waals surface area contributed by atoms with Crippen molar-refractivity contribution in [1.82, 2.24) is 9.88 Å². The molecule has 5 heteroatoms. The van der Waals surface area contributed by atoms with Crippen molar-refractivity contribution in [3.8, 4) is 0 Å². The van der Waals surface area contributed by atoms with Gasteiger partial charge in [-0.2, -0.15) is 0 Å². The molecule has 1 aromatic heterocycles.